The molecule has 1 saturated heterocycles. The van der Waals surface area contributed by atoms with E-state index in [1.165, 1.54) is 23.6 Å². The Bertz CT molecular complexity index is 405. The summed E-state index contributed by atoms with van der Waals surface area (Å²) >= 11 is 4.30. The summed E-state index contributed by atoms with van der Waals surface area (Å²) in [4.78, 5) is 0. The molecule has 1 aliphatic rings. The number of likely N-dealkylation sites (N-methyl/N-ethyl adjacent to an activating group) is 1. The van der Waals surface area contributed by atoms with Crippen LogP contribution in [0, 0.1) is 6.92 Å². The Kier molecular flexibility index (Phi) is 5.66. The number of thioether (sulfide) groups is 2. The lowest BCUT2D eigenvalue weighted by atomic mass is 10.0. The molecule has 0 spiro atoms. The Morgan fingerprint density at radius 3 is 2.79 bits per heavy atom. The van der Waals surface area contributed by atoms with E-state index >= 15 is 0 Å². The predicted octanol–water partition coefficient (Wildman–Crippen LogP) is 2.49. The molecule has 0 aromatic carbocycles. The van der Waals surface area contributed by atoms with Gasteiger partial charge in [0.25, 0.3) is 0 Å². The molecule has 0 aliphatic carbocycles. The van der Waals surface area contributed by atoms with Crippen molar-refractivity contribution in [2.45, 2.75) is 43.2 Å². The van der Waals surface area contributed by atoms with Gasteiger partial charge < -0.3 is 5.32 Å². The van der Waals surface area contributed by atoms with E-state index in [0.717, 1.165) is 17.4 Å². The first-order chi connectivity index (χ1) is 9.15. The maximum atomic E-state index is 4.46. The maximum absolute atomic E-state index is 4.46. The van der Waals surface area contributed by atoms with Crippen molar-refractivity contribution in [3.63, 3.8) is 0 Å². The highest BCUT2D eigenvalue weighted by molar-refractivity contribution is 8.07. The summed E-state index contributed by atoms with van der Waals surface area (Å²) in [5.74, 6) is 2.59. The number of nitrogens with zero attached hydrogens (tertiary/aromatic N) is 2. The molecule has 1 aromatic heterocycles. The van der Waals surface area contributed by atoms with E-state index in [-0.39, 0.29) is 0 Å². The summed E-state index contributed by atoms with van der Waals surface area (Å²) in [6.07, 6.45) is 2.34. The van der Waals surface area contributed by atoms with Gasteiger partial charge in [-0.25, -0.2) is 0 Å². The van der Waals surface area contributed by atoms with Crippen LogP contribution in [0.4, 0.5) is 0 Å². The monoisotopic (exact) mass is 299 g/mol. The van der Waals surface area contributed by atoms with Crippen molar-refractivity contribution in [1.82, 2.24) is 15.1 Å². The number of rotatable bonds is 5. The Morgan fingerprint density at radius 2 is 2.21 bits per heavy atom. The average molecular weight is 300 g/mol. The topological polar surface area (TPSA) is 29.9 Å². The summed E-state index contributed by atoms with van der Waals surface area (Å²) in [7, 11) is 4.15. The van der Waals surface area contributed by atoms with Crippen molar-refractivity contribution in [3.05, 3.63) is 17.5 Å². The maximum Gasteiger partial charge on any atom is 0.0596 e. The molecule has 0 saturated carbocycles. The highest BCUT2D eigenvalue weighted by Crippen LogP contribution is 2.35. The third kappa shape index (κ3) is 3.70. The van der Waals surface area contributed by atoms with Gasteiger partial charge in [-0.2, -0.15) is 28.6 Å². The van der Waals surface area contributed by atoms with Crippen molar-refractivity contribution < 1.29 is 0 Å². The Hall–Kier alpha value is -0.130. The van der Waals surface area contributed by atoms with Gasteiger partial charge in [-0.05, 0) is 26.5 Å². The van der Waals surface area contributed by atoms with Gasteiger partial charge in [-0.15, -0.1) is 0 Å². The molecule has 0 radical (unpaired) electrons. The first-order valence-electron chi connectivity index (χ1n) is 7.05. The minimum Gasteiger partial charge on any atom is -0.315 e. The molecule has 3 unspecified atom stereocenters. The van der Waals surface area contributed by atoms with Crippen molar-refractivity contribution >= 4 is 23.5 Å². The van der Waals surface area contributed by atoms with E-state index in [9.17, 15) is 0 Å². The fourth-order valence-corrected chi connectivity index (χ4v) is 6.08. The Balaban J connectivity index is 2.08. The molecule has 108 valence electrons. The molecule has 5 heteroatoms. The lowest BCUT2D eigenvalue weighted by Crippen LogP contribution is -2.45. The number of aromatic nitrogens is 2. The van der Waals surface area contributed by atoms with Crippen LogP contribution in [0.25, 0.3) is 0 Å². The molecule has 1 fully saturated rings. The summed E-state index contributed by atoms with van der Waals surface area (Å²) in [6, 6.07) is 2.75. The molecule has 1 aliphatic heterocycles. The second-order valence-electron chi connectivity index (χ2n) is 5.15. The summed E-state index contributed by atoms with van der Waals surface area (Å²) < 4.78 is 2.03. The first-order valence-corrected chi connectivity index (χ1v) is 9.15. The van der Waals surface area contributed by atoms with E-state index in [1.807, 2.05) is 4.68 Å². The molecule has 3 nitrogen and oxygen atoms in total. The van der Waals surface area contributed by atoms with Gasteiger partial charge in [-0.1, -0.05) is 6.92 Å². The zero-order valence-corrected chi connectivity index (χ0v) is 14.0. The molecule has 0 bridgehead atoms. The molecule has 3 atom stereocenters. The highest BCUT2D eigenvalue weighted by Gasteiger charge is 2.31. The summed E-state index contributed by atoms with van der Waals surface area (Å²) in [5.41, 5.74) is 2.45. The van der Waals surface area contributed by atoms with Gasteiger partial charge in [0.05, 0.1) is 5.69 Å². The smallest absolute Gasteiger partial charge is 0.0596 e. The van der Waals surface area contributed by atoms with E-state index in [1.54, 1.807) is 0 Å². The molecule has 19 heavy (non-hydrogen) atoms. The third-order valence-corrected chi connectivity index (χ3v) is 7.20. The largest absolute Gasteiger partial charge is 0.315 e. The van der Waals surface area contributed by atoms with Crippen molar-refractivity contribution in [3.8, 4) is 0 Å². The van der Waals surface area contributed by atoms with Gasteiger partial charge in [0.15, 0.2) is 0 Å². The van der Waals surface area contributed by atoms with Gasteiger partial charge in [0.1, 0.15) is 0 Å². The number of aryl methyl sites for hydroxylation is 2. The van der Waals surface area contributed by atoms with Gasteiger partial charge in [-0.3, -0.25) is 4.68 Å². The lowest BCUT2D eigenvalue weighted by molar-refractivity contribution is 0.501. The van der Waals surface area contributed by atoms with Gasteiger partial charge in [0.2, 0.25) is 0 Å². The van der Waals surface area contributed by atoms with Crippen LogP contribution < -0.4 is 5.32 Å². The van der Waals surface area contributed by atoms with Crippen LogP contribution in [0.3, 0.4) is 0 Å². The predicted molar refractivity (Wildman–Crippen MR) is 87.3 cm³/mol. The molecular weight excluding hydrogens is 274 g/mol. The first kappa shape index (κ1) is 15.3. The normalized spacial score (nSPS) is 25.5. The van der Waals surface area contributed by atoms with Crippen LogP contribution in [-0.4, -0.2) is 44.9 Å². The second-order valence-corrected chi connectivity index (χ2v) is 7.79. The van der Waals surface area contributed by atoms with Crippen LogP contribution in [0.2, 0.25) is 0 Å². The van der Waals surface area contributed by atoms with Crippen molar-refractivity contribution in [2.75, 3.05) is 18.6 Å². The highest BCUT2D eigenvalue weighted by atomic mass is 32.2. The average Bonchev–Trinajstić information content (AvgIpc) is 2.74. The van der Waals surface area contributed by atoms with E-state index in [2.05, 4.69) is 67.9 Å². The van der Waals surface area contributed by atoms with Crippen LogP contribution in [0.15, 0.2) is 6.07 Å². The molecule has 2 rings (SSSR count). The lowest BCUT2D eigenvalue weighted by Gasteiger charge is -2.35. The van der Waals surface area contributed by atoms with Crippen molar-refractivity contribution in [2.24, 2.45) is 7.05 Å². The number of hydrogen-bond donors (Lipinski definition) is 1. The molecule has 1 aromatic rings. The van der Waals surface area contributed by atoms with Gasteiger partial charge >= 0.3 is 0 Å². The SMILES string of the molecule is CCC1SCCSC1C(Cc1cc(C)nn1C)NC. The second kappa shape index (κ2) is 7.04. The minimum absolute atomic E-state index is 0.539. The van der Waals surface area contributed by atoms with Crippen LogP contribution in [-0.2, 0) is 13.5 Å². The number of hydrogen-bond acceptors (Lipinski definition) is 4. The quantitative estimate of drug-likeness (QED) is 0.905. The van der Waals surface area contributed by atoms with Crippen molar-refractivity contribution in [1.29, 1.82) is 0 Å². The fourth-order valence-electron chi connectivity index (χ4n) is 2.77. The standard InChI is InChI=1S/C14H25N3S2/c1-5-13-14(19-7-6-18-13)12(15-3)9-11-8-10(2)16-17(11)4/h8,12-15H,5-7,9H2,1-4H3. The molecule has 1 N–H and O–H groups in total. The van der Waals surface area contributed by atoms with E-state index in [0.29, 0.717) is 11.3 Å². The minimum atomic E-state index is 0.539. The van der Waals surface area contributed by atoms with Crippen LogP contribution >= 0.6 is 23.5 Å². The molecule has 2 heterocycles. The third-order valence-electron chi connectivity index (χ3n) is 3.79. The Labute approximate surface area is 125 Å². The molecular formula is C14H25N3S2. The fraction of sp³-hybridized carbons (Fsp3) is 0.786. The van der Waals surface area contributed by atoms with E-state index < -0.39 is 0 Å². The van der Waals surface area contributed by atoms with Gasteiger partial charge in [0, 0.05) is 47.2 Å². The Morgan fingerprint density at radius 1 is 1.47 bits per heavy atom. The zero-order chi connectivity index (χ0) is 13.8. The van der Waals surface area contributed by atoms with Crippen LogP contribution in [0.1, 0.15) is 24.7 Å². The summed E-state index contributed by atoms with van der Waals surface area (Å²) in [6.45, 7) is 4.38. The molecule has 0 amide bonds. The summed E-state index contributed by atoms with van der Waals surface area (Å²) in [5, 5.41) is 9.50. The van der Waals surface area contributed by atoms with E-state index in [4.69, 9.17) is 0 Å². The zero-order valence-electron chi connectivity index (χ0n) is 12.3. The van der Waals surface area contributed by atoms with Crippen LogP contribution in [0.5, 0.6) is 0 Å². The number of nitrogens with one attached hydrogen (secondary N) is 1.